The fourth-order valence-electron chi connectivity index (χ4n) is 2.25. The Kier molecular flexibility index (Phi) is 5.98. The Morgan fingerprint density at radius 1 is 1.57 bits per heavy atom. The van der Waals surface area contributed by atoms with Crippen LogP contribution in [0.3, 0.4) is 0 Å². The van der Waals surface area contributed by atoms with E-state index in [4.69, 9.17) is 0 Å². The van der Waals surface area contributed by atoms with Crippen molar-refractivity contribution in [2.45, 2.75) is 44.4 Å². The van der Waals surface area contributed by atoms with Gasteiger partial charge in [-0.2, -0.15) is 5.10 Å². The van der Waals surface area contributed by atoms with Crippen LogP contribution in [-0.4, -0.2) is 32.0 Å². The molecule has 0 aromatic carbocycles. The van der Waals surface area contributed by atoms with Crippen LogP contribution in [0, 0.1) is 5.92 Å². The van der Waals surface area contributed by atoms with Crippen LogP contribution in [0.15, 0.2) is 15.5 Å². The van der Waals surface area contributed by atoms with Crippen LogP contribution in [0.25, 0.3) is 0 Å². The zero-order valence-electron chi connectivity index (χ0n) is 12.5. The first-order valence-corrected chi connectivity index (χ1v) is 9.72. The lowest BCUT2D eigenvalue weighted by Crippen LogP contribution is -2.31. The minimum absolute atomic E-state index is 0.0819. The Balaban J connectivity index is 2.02. The van der Waals surface area contributed by atoms with E-state index in [1.807, 2.05) is 6.92 Å². The van der Waals surface area contributed by atoms with E-state index in [2.05, 4.69) is 26.3 Å². The Hall–Kier alpha value is -0.690. The zero-order valence-corrected chi connectivity index (χ0v) is 14.9. The van der Waals surface area contributed by atoms with Gasteiger partial charge in [0.1, 0.15) is 5.69 Å². The summed E-state index contributed by atoms with van der Waals surface area (Å²) in [5, 5.41) is 7.48. The fourth-order valence-corrected chi connectivity index (χ4v) is 3.10. The van der Waals surface area contributed by atoms with Crippen LogP contribution in [0.5, 0.6) is 0 Å². The molecular formula is C14H22BrN3O2S. The lowest BCUT2D eigenvalue weighted by Gasteiger charge is -2.25. The molecule has 1 aromatic heterocycles. The quantitative estimate of drug-likeness (QED) is 0.794. The molecule has 0 saturated heterocycles. The van der Waals surface area contributed by atoms with E-state index in [0.717, 1.165) is 6.42 Å². The van der Waals surface area contributed by atoms with Gasteiger partial charge in [-0.25, -0.2) is 4.68 Å². The average molecular weight is 376 g/mol. The maximum atomic E-state index is 12.4. The number of nitrogens with one attached hydrogen (secondary N) is 1. The first kappa shape index (κ1) is 16.7. The number of halogens is 1. The van der Waals surface area contributed by atoms with Gasteiger partial charge in [-0.05, 0) is 41.1 Å². The van der Waals surface area contributed by atoms with Gasteiger partial charge < -0.3 is 5.32 Å². The zero-order chi connectivity index (χ0) is 15.4. The van der Waals surface area contributed by atoms with Gasteiger partial charge in [-0.15, -0.1) is 0 Å². The number of hydrogen-bond donors (Lipinski definition) is 1. The Morgan fingerprint density at radius 2 is 2.29 bits per heavy atom. The number of rotatable bonds is 7. The van der Waals surface area contributed by atoms with E-state index in [1.165, 1.54) is 19.3 Å². The molecule has 1 N–H and O–H groups in total. The highest BCUT2D eigenvalue weighted by molar-refractivity contribution is 9.10. The van der Waals surface area contributed by atoms with Crippen LogP contribution in [-0.2, 0) is 17.3 Å². The molecular weight excluding hydrogens is 354 g/mol. The molecule has 0 bridgehead atoms. The maximum Gasteiger partial charge on any atom is 0.291 e. The number of aromatic nitrogens is 2. The lowest BCUT2D eigenvalue weighted by molar-refractivity contribution is 0.262. The molecule has 2 unspecified atom stereocenters. The highest BCUT2D eigenvalue weighted by Gasteiger charge is 2.20. The minimum Gasteiger partial charge on any atom is -0.380 e. The summed E-state index contributed by atoms with van der Waals surface area (Å²) in [6.45, 7) is 3.28. The van der Waals surface area contributed by atoms with E-state index in [0.29, 0.717) is 29.2 Å². The number of nitrogens with zero attached hydrogens (tertiary/aromatic N) is 2. The molecule has 5 nitrogen and oxygen atoms in total. The van der Waals surface area contributed by atoms with Gasteiger partial charge in [-0.1, -0.05) is 13.3 Å². The SMILES string of the molecule is CC(CCNc1c(Br)cnn(CC2CCC2)c1=O)S(C)=O. The molecule has 0 spiro atoms. The van der Waals surface area contributed by atoms with Gasteiger partial charge >= 0.3 is 0 Å². The molecule has 1 aromatic rings. The third-order valence-corrected chi connectivity index (χ3v) is 6.04. The van der Waals surface area contributed by atoms with Gasteiger partial charge in [0.15, 0.2) is 0 Å². The fraction of sp³-hybridized carbons (Fsp3) is 0.714. The van der Waals surface area contributed by atoms with Crippen molar-refractivity contribution in [1.82, 2.24) is 9.78 Å². The van der Waals surface area contributed by atoms with Crippen molar-refractivity contribution in [3.63, 3.8) is 0 Å². The summed E-state index contributed by atoms with van der Waals surface area (Å²) in [7, 11) is -0.832. The van der Waals surface area contributed by atoms with Crippen molar-refractivity contribution < 1.29 is 4.21 Å². The maximum absolute atomic E-state index is 12.4. The standard InChI is InChI=1S/C14H22BrN3O2S/c1-10(21(2)20)6-7-16-13-12(15)8-17-18(14(13)19)9-11-4-3-5-11/h8,10-11,16H,3-7,9H2,1-2H3. The summed E-state index contributed by atoms with van der Waals surface area (Å²) < 4.78 is 13.6. The first-order chi connectivity index (χ1) is 9.99. The van der Waals surface area contributed by atoms with Crippen LogP contribution >= 0.6 is 15.9 Å². The molecule has 0 radical (unpaired) electrons. The van der Waals surface area contributed by atoms with Gasteiger partial charge in [-0.3, -0.25) is 9.00 Å². The normalized spacial score (nSPS) is 18.0. The topological polar surface area (TPSA) is 64.0 Å². The third kappa shape index (κ3) is 4.39. The molecule has 1 heterocycles. The Bertz CT molecular complexity index is 572. The second-order valence-corrected chi connectivity index (χ2v) is 8.33. The molecule has 21 heavy (non-hydrogen) atoms. The van der Waals surface area contributed by atoms with Crippen LogP contribution < -0.4 is 10.9 Å². The molecule has 2 atom stereocenters. The summed E-state index contributed by atoms with van der Waals surface area (Å²) in [6, 6.07) is 0. The van der Waals surface area contributed by atoms with E-state index in [9.17, 15) is 9.00 Å². The summed E-state index contributed by atoms with van der Waals surface area (Å²) in [6.07, 6.45) is 7.77. The number of anilines is 1. The highest BCUT2D eigenvalue weighted by Crippen LogP contribution is 2.27. The summed E-state index contributed by atoms with van der Waals surface area (Å²) in [5.41, 5.74) is 0.472. The molecule has 1 saturated carbocycles. The van der Waals surface area contributed by atoms with E-state index in [1.54, 1.807) is 17.1 Å². The van der Waals surface area contributed by atoms with E-state index < -0.39 is 10.8 Å². The predicted octanol–water partition coefficient (Wildman–Crippen LogP) is 2.37. The van der Waals surface area contributed by atoms with Crippen molar-refractivity contribution in [3.05, 3.63) is 21.0 Å². The van der Waals surface area contributed by atoms with Gasteiger partial charge in [0.05, 0.1) is 10.7 Å². The van der Waals surface area contributed by atoms with Crippen molar-refractivity contribution in [2.75, 3.05) is 18.1 Å². The molecule has 1 aliphatic rings. The number of hydrogen-bond acceptors (Lipinski definition) is 4. The van der Waals surface area contributed by atoms with Gasteiger partial charge in [0, 0.05) is 35.4 Å². The minimum atomic E-state index is -0.832. The Labute approximate surface area is 136 Å². The second-order valence-electron chi connectivity index (χ2n) is 5.68. The third-order valence-electron chi connectivity index (χ3n) is 4.07. The molecule has 118 valence electrons. The van der Waals surface area contributed by atoms with Crippen LogP contribution in [0.4, 0.5) is 5.69 Å². The van der Waals surface area contributed by atoms with Crippen molar-refractivity contribution in [1.29, 1.82) is 0 Å². The largest absolute Gasteiger partial charge is 0.380 e. The van der Waals surface area contributed by atoms with Crippen LogP contribution in [0.2, 0.25) is 0 Å². The molecule has 0 aliphatic heterocycles. The molecule has 7 heteroatoms. The second kappa shape index (κ2) is 7.54. The first-order valence-electron chi connectivity index (χ1n) is 7.30. The molecule has 2 rings (SSSR count). The monoisotopic (exact) mass is 375 g/mol. The van der Waals surface area contributed by atoms with Crippen molar-refractivity contribution in [3.8, 4) is 0 Å². The molecule has 1 aliphatic carbocycles. The predicted molar refractivity (Wildman–Crippen MR) is 90.2 cm³/mol. The van der Waals surface area contributed by atoms with Gasteiger partial charge in [0.2, 0.25) is 0 Å². The van der Waals surface area contributed by atoms with Crippen LogP contribution in [0.1, 0.15) is 32.6 Å². The summed E-state index contributed by atoms with van der Waals surface area (Å²) in [5.74, 6) is 0.590. The van der Waals surface area contributed by atoms with Gasteiger partial charge in [0.25, 0.3) is 5.56 Å². The average Bonchev–Trinajstić information content (AvgIpc) is 2.39. The van der Waals surface area contributed by atoms with E-state index in [-0.39, 0.29) is 10.8 Å². The molecule has 0 amide bonds. The van der Waals surface area contributed by atoms with E-state index >= 15 is 0 Å². The highest BCUT2D eigenvalue weighted by atomic mass is 79.9. The lowest BCUT2D eigenvalue weighted by atomic mass is 9.85. The smallest absolute Gasteiger partial charge is 0.291 e. The Morgan fingerprint density at radius 3 is 2.86 bits per heavy atom. The van der Waals surface area contributed by atoms with Crippen molar-refractivity contribution in [2.24, 2.45) is 5.92 Å². The summed E-state index contributed by atoms with van der Waals surface area (Å²) >= 11 is 3.38. The molecule has 1 fully saturated rings. The summed E-state index contributed by atoms with van der Waals surface area (Å²) in [4.78, 5) is 12.4. The van der Waals surface area contributed by atoms with Crippen molar-refractivity contribution >= 4 is 32.4 Å².